The zero-order valence-electron chi connectivity index (χ0n) is 15.8. The van der Waals surface area contributed by atoms with Crippen molar-refractivity contribution in [3.8, 4) is 11.1 Å². The molecule has 0 bridgehead atoms. The van der Waals surface area contributed by atoms with Gasteiger partial charge in [-0.05, 0) is 42.5 Å². The second kappa shape index (κ2) is 8.05. The number of halogens is 3. The van der Waals surface area contributed by atoms with Crippen molar-refractivity contribution >= 4 is 57.8 Å². The lowest BCUT2D eigenvalue weighted by Crippen LogP contribution is -2.18. The minimum atomic E-state index is -0.831. The molecule has 2 N–H and O–H groups in total. The van der Waals surface area contributed by atoms with E-state index >= 15 is 0 Å². The Kier molecular flexibility index (Phi) is 5.65. The maximum atomic E-state index is 11.5. The lowest BCUT2D eigenvalue weighted by Gasteiger charge is -2.21. The van der Waals surface area contributed by atoms with Gasteiger partial charge in [-0.2, -0.15) is 0 Å². The molecule has 152 valence electrons. The van der Waals surface area contributed by atoms with Gasteiger partial charge in [0.1, 0.15) is 5.52 Å². The van der Waals surface area contributed by atoms with Crippen LogP contribution in [0, 0.1) is 0 Å². The summed E-state index contributed by atoms with van der Waals surface area (Å²) in [6.45, 7) is 3.65. The van der Waals surface area contributed by atoms with E-state index < -0.39 is 5.97 Å². The number of imidazole rings is 1. The van der Waals surface area contributed by atoms with E-state index in [4.69, 9.17) is 39.8 Å². The summed E-state index contributed by atoms with van der Waals surface area (Å²) in [5.74, 6) is -0.235. The van der Waals surface area contributed by atoms with Crippen molar-refractivity contribution < 1.29 is 9.90 Å². The second-order valence-electron chi connectivity index (χ2n) is 7.22. The lowest BCUT2D eigenvalue weighted by molar-refractivity contribution is -0.137. The Balaban J connectivity index is 2.03. The van der Waals surface area contributed by atoms with Crippen molar-refractivity contribution in [2.45, 2.75) is 38.6 Å². The van der Waals surface area contributed by atoms with Gasteiger partial charge >= 0.3 is 5.97 Å². The number of aromatic nitrogens is 2. The number of aryl methyl sites for hydroxylation is 1. The van der Waals surface area contributed by atoms with Crippen molar-refractivity contribution in [1.82, 2.24) is 9.55 Å². The number of fused-ring (bicyclic) bond motifs is 3. The maximum absolute atomic E-state index is 11.5. The molecule has 0 amide bonds. The number of carboxylic acids is 1. The van der Waals surface area contributed by atoms with Crippen LogP contribution in [0.15, 0.2) is 24.3 Å². The SMILES string of the molecule is CCC(CC(=O)O)c1cc(-c2ccc(Cl)cc2Cl)c(Cl)c2nc3n(c12)CCCN3. The van der Waals surface area contributed by atoms with Crippen molar-refractivity contribution in [1.29, 1.82) is 0 Å². The zero-order valence-corrected chi connectivity index (χ0v) is 18.1. The second-order valence-corrected chi connectivity index (χ2v) is 8.44. The summed E-state index contributed by atoms with van der Waals surface area (Å²) in [4.78, 5) is 16.3. The molecule has 0 fully saturated rings. The first-order chi connectivity index (χ1) is 13.9. The van der Waals surface area contributed by atoms with Gasteiger partial charge in [-0.1, -0.05) is 47.8 Å². The molecule has 1 aliphatic heterocycles. The topological polar surface area (TPSA) is 67.1 Å². The van der Waals surface area contributed by atoms with Crippen molar-refractivity contribution in [2.24, 2.45) is 0 Å². The van der Waals surface area contributed by atoms with Crippen LogP contribution in [-0.4, -0.2) is 27.2 Å². The van der Waals surface area contributed by atoms with Crippen LogP contribution in [0.3, 0.4) is 0 Å². The summed E-state index contributed by atoms with van der Waals surface area (Å²) in [6, 6.07) is 7.23. The van der Waals surface area contributed by atoms with Crippen LogP contribution in [0.4, 0.5) is 5.95 Å². The number of hydrogen-bond donors (Lipinski definition) is 2. The number of benzene rings is 2. The largest absolute Gasteiger partial charge is 0.481 e. The molecule has 1 aliphatic rings. The van der Waals surface area contributed by atoms with Gasteiger partial charge in [-0.3, -0.25) is 4.79 Å². The Hall–Kier alpha value is -1.95. The molecule has 1 aromatic heterocycles. The molecule has 29 heavy (non-hydrogen) atoms. The van der Waals surface area contributed by atoms with Crippen LogP contribution in [0.2, 0.25) is 15.1 Å². The van der Waals surface area contributed by atoms with Gasteiger partial charge in [0.05, 0.1) is 17.0 Å². The smallest absolute Gasteiger partial charge is 0.303 e. The fourth-order valence-corrected chi connectivity index (χ4v) is 4.80. The molecule has 1 unspecified atom stereocenters. The van der Waals surface area contributed by atoms with E-state index in [2.05, 4.69) is 9.88 Å². The first-order valence-corrected chi connectivity index (χ1v) is 10.7. The van der Waals surface area contributed by atoms with Gasteiger partial charge < -0.3 is 15.0 Å². The highest BCUT2D eigenvalue weighted by Gasteiger charge is 2.26. The third-order valence-corrected chi connectivity index (χ3v) is 6.33. The number of carbonyl (C=O) groups is 1. The number of nitrogens with one attached hydrogen (secondary N) is 1. The Morgan fingerprint density at radius 1 is 1.28 bits per heavy atom. The quantitative estimate of drug-likeness (QED) is 0.467. The molecule has 3 aromatic rings. The molecule has 5 nitrogen and oxygen atoms in total. The number of nitrogens with zero attached hydrogens (tertiary/aromatic N) is 2. The molecule has 2 heterocycles. The molecule has 0 aliphatic carbocycles. The summed E-state index contributed by atoms with van der Waals surface area (Å²) in [6.07, 6.45) is 1.69. The van der Waals surface area contributed by atoms with Gasteiger partial charge in [-0.25, -0.2) is 4.98 Å². The van der Waals surface area contributed by atoms with E-state index in [1.807, 2.05) is 19.1 Å². The van der Waals surface area contributed by atoms with Crippen LogP contribution >= 0.6 is 34.8 Å². The maximum Gasteiger partial charge on any atom is 0.303 e. The molecule has 0 saturated heterocycles. The standard InChI is InChI=1S/C21H20Cl3N3O2/c1-2-11(8-17(28)29)14-10-15(13-5-4-12(22)9-16(13)23)18(24)19-20(14)27-7-3-6-25-21(27)26-19/h4-5,9-11H,2-3,6-8H2,1H3,(H,25,26)(H,28,29). The average Bonchev–Trinajstić information content (AvgIpc) is 3.07. The first kappa shape index (κ1) is 20.3. The van der Waals surface area contributed by atoms with Gasteiger partial charge in [-0.15, -0.1) is 0 Å². The minimum Gasteiger partial charge on any atom is -0.481 e. The number of anilines is 1. The number of rotatable bonds is 5. The molecular formula is C21H20Cl3N3O2. The number of aliphatic carboxylic acids is 1. The van der Waals surface area contributed by atoms with E-state index in [1.54, 1.807) is 12.1 Å². The third-order valence-electron chi connectivity index (χ3n) is 5.40. The zero-order chi connectivity index (χ0) is 20.7. The van der Waals surface area contributed by atoms with Crippen LogP contribution in [-0.2, 0) is 11.3 Å². The molecule has 1 atom stereocenters. The predicted molar refractivity (Wildman–Crippen MR) is 119 cm³/mol. The van der Waals surface area contributed by atoms with Gasteiger partial charge in [0.25, 0.3) is 0 Å². The van der Waals surface area contributed by atoms with Gasteiger partial charge in [0, 0.05) is 34.3 Å². The lowest BCUT2D eigenvalue weighted by atomic mass is 9.89. The highest BCUT2D eigenvalue weighted by Crippen LogP contribution is 2.44. The Morgan fingerprint density at radius 3 is 2.76 bits per heavy atom. The Labute approximate surface area is 183 Å². The molecule has 0 saturated carbocycles. The normalized spacial score (nSPS) is 14.5. The highest BCUT2D eigenvalue weighted by atomic mass is 35.5. The molecule has 8 heteroatoms. The monoisotopic (exact) mass is 451 g/mol. The third kappa shape index (κ3) is 3.67. The number of hydrogen-bond acceptors (Lipinski definition) is 3. The minimum absolute atomic E-state index is 0.0367. The Morgan fingerprint density at radius 2 is 2.07 bits per heavy atom. The highest BCUT2D eigenvalue weighted by molar-refractivity contribution is 6.40. The van der Waals surface area contributed by atoms with E-state index in [9.17, 15) is 9.90 Å². The first-order valence-electron chi connectivity index (χ1n) is 9.54. The van der Waals surface area contributed by atoms with Crippen LogP contribution in [0.25, 0.3) is 22.2 Å². The van der Waals surface area contributed by atoms with Crippen LogP contribution in [0.1, 0.15) is 37.7 Å². The molecule has 2 aromatic carbocycles. The van der Waals surface area contributed by atoms with E-state index in [0.29, 0.717) is 27.0 Å². The molecule has 0 radical (unpaired) electrons. The van der Waals surface area contributed by atoms with Crippen molar-refractivity contribution in [3.05, 3.63) is 44.9 Å². The van der Waals surface area contributed by atoms with Crippen LogP contribution < -0.4 is 5.32 Å². The molecular weight excluding hydrogens is 433 g/mol. The van der Waals surface area contributed by atoms with Crippen molar-refractivity contribution in [3.63, 3.8) is 0 Å². The van der Waals surface area contributed by atoms with Gasteiger partial charge in [0.15, 0.2) is 0 Å². The summed E-state index contributed by atoms with van der Waals surface area (Å²) >= 11 is 19.3. The van der Waals surface area contributed by atoms with E-state index in [0.717, 1.165) is 47.7 Å². The molecule has 0 spiro atoms. The fraction of sp³-hybridized carbons (Fsp3) is 0.333. The predicted octanol–water partition coefficient (Wildman–Crippen LogP) is 6.45. The summed E-state index contributed by atoms with van der Waals surface area (Å²) in [7, 11) is 0. The fourth-order valence-electron chi connectivity index (χ4n) is 4.00. The average molecular weight is 453 g/mol. The number of carboxylic acid groups (broad SMARTS) is 1. The van der Waals surface area contributed by atoms with E-state index in [1.165, 1.54) is 0 Å². The van der Waals surface area contributed by atoms with E-state index in [-0.39, 0.29) is 12.3 Å². The molecule has 4 rings (SSSR count). The summed E-state index contributed by atoms with van der Waals surface area (Å²) < 4.78 is 2.11. The van der Waals surface area contributed by atoms with Crippen LogP contribution in [0.5, 0.6) is 0 Å². The van der Waals surface area contributed by atoms with Gasteiger partial charge in [0.2, 0.25) is 5.95 Å². The summed E-state index contributed by atoms with van der Waals surface area (Å²) in [5.41, 5.74) is 3.97. The Bertz CT molecular complexity index is 1110. The van der Waals surface area contributed by atoms with Crippen molar-refractivity contribution in [2.75, 3.05) is 11.9 Å². The summed E-state index contributed by atoms with van der Waals surface area (Å²) in [5, 5.41) is 14.3.